The highest BCUT2D eigenvalue weighted by Gasteiger charge is 2.20. The highest BCUT2D eigenvalue weighted by Crippen LogP contribution is 2.17. The summed E-state index contributed by atoms with van der Waals surface area (Å²) in [7, 11) is 0. The predicted octanol–water partition coefficient (Wildman–Crippen LogP) is 3.80. The number of hydrogen-bond donors (Lipinski definition) is 1. The second-order valence-corrected chi connectivity index (χ2v) is 8.52. The predicted molar refractivity (Wildman–Crippen MR) is 106 cm³/mol. The smallest absolute Gasteiger partial charge is 0.408 e. The first-order valence-electron chi connectivity index (χ1n) is 9.69. The average Bonchev–Trinajstić information content (AvgIpc) is 2.54. The summed E-state index contributed by atoms with van der Waals surface area (Å²) in [6.07, 6.45) is -0.378. The molecule has 2 rings (SSSR count). The molecule has 1 aliphatic rings. The van der Waals surface area contributed by atoms with E-state index in [1.165, 1.54) is 5.56 Å². The minimum atomic E-state index is -0.479. The lowest BCUT2D eigenvalue weighted by Crippen LogP contribution is -2.48. The minimum absolute atomic E-state index is 0.0755. The van der Waals surface area contributed by atoms with Crippen molar-refractivity contribution in [2.75, 3.05) is 26.2 Å². The van der Waals surface area contributed by atoms with Crippen molar-refractivity contribution in [3.05, 3.63) is 35.4 Å². The summed E-state index contributed by atoms with van der Waals surface area (Å²) in [5, 5.41) is 2.89. The van der Waals surface area contributed by atoms with E-state index in [0.29, 0.717) is 6.04 Å². The van der Waals surface area contributed by atoms with E-state index in [9.17, 15) is 4.79 Å². The van der Waals surface area contributed by atoms with E-state index >= 15 is 0 Å². The van der Waals surface area contributed by atoms with Crippen LogP contribution in [0.4, 0.5) is 4.79 Å². The third-order valence-corrected chi connectivity index (χ3v) is 4.76. The molecule has 0 aromatic heterocycles. The van der Waals surface area contributed by atoms with Crippen molar-refractivity contribution in [2.45, 2.75) is 65.8 Å². The van der Waals surface area contributed by atoms with Gasteiger partial charge in [0.05, 0.1) is 6.04 Å². The van der Waals surface area contributed by atoms with Gasteiger partial charge in [-0.05, 0) is 52.7 Å². The van der Waals surface area contributed by atoms with Crippen LogP contribution in [0.15, 0.2) is 24.3 Å². The third kappa shape index (κ3) is 6.61. The Morgan fingerprint density at radius 3 is 2.15 bits per heavy atom. The first kappa shape index (κ1) is 20.7. The summed E-state index contributed by atoms with van der Waals surface area (Å²) >= 11 is 0. The molecule has 0 spiro atoms. The zero-order valence-electron chi connectivity index (χ0n) is 17.2. The molecule has 0 aliphatic carbocycles. The van der Waals surface area contributed by atoms with Crippen LogP contribution in [0.2, 0.25) is 0 Å². The van der Waals surface area contributed by atoms with Crippen LogP contribution < -0.4 is 5.32 Å². The van der Waals surface area contributed by atoms with Crippen molar-refractivity contribution in [3.8, 4) is 0 Å². The Balaban J connectivity index is 1.83. The molecule has 1 amide bonds. The highest BCUT2D eigenvalue weighted by atomic mass is 16.6. The second-order valence-electron chi connectivity index (χ2n) is 8.52. The van der Waals surface area contributed by atoms with Gasteiger partial charge >= 0.3 is 6.09 Å². The van der Waals surface area contributed by atoms with Crippen LogP contribution in [0.3, 0.4) is 0 Å². The van der Waals surface area contributed by atoms with E-state index < -0.39 is 5.60 Å². The number of alkyl carbamates (subject to hydrolysis) is 1. The van der Waals surface area contributed by atoms with Gasteiger partial charge < -0.3 is 10.1 Å². The standard InChI is InChI=1S/C21H35N3O2/c1-16(2)24-13-11-23(12-14-24)15-18-7-9-19(10-8-18)17(3)22-20(25)26-21(4,5)6/h7-10,16-17H,11-15H2,1-6H3,(H,22,25). The van der Waals surface area contributed by atoms with E-state index in [0.717, 1.165) is 38.3 Å². The molecule has 5 heteroatoms. The quantitative estimate of drug-likeness (QED) is 0.866. The molecule has 1 fully saturated rings. The second kappa shape index (κ2) is 8.87. The maximum absolute atomic E-state index is 11.9. The van der Waals surface area contributed by atoms with Crippen LogP contribution in [0.1, 0.15) is 58.7 Å². The van der Waals surface area contributed by atoms with E-state index in [4.69, 9.17) is 4.74 Å². The number of nitrogens with one attached hydrogen (secondary N) is 1. The molecular formula is C21H35N3O2. The molecule has 5 nitrogen and oxygen atoms in total. The van der Waals surface area contributed by atoms with Gasteiger partial charge in [-0.2, -0.15) is 0 Å². The van der Waals surface area contributed by atoms with E-state index in [1.54, 1.807) is 0 Å². The maximum Gasteiger partial charge on any atom is 0.408 e. The molecule has 26 heavy (non-hydrogen) atoms. The fourth-order valence-corrected chi connectivity index (χ4v) is 3.18. The van der Waals surface area contributed by atoms with Crippen molar-refractivity contribution in [1.82, 2.24) is 15.1 Å². The largest absolute Gasteiger partial charge is 0.444 e. The molecule has 0 saturated carbocycles. The van der Waals surface area contributed by atoms with Gasteiger partial charge in [-0.25, -0.2) is 4.79 Å². The number of amides is 1. The van der Waals surface area contributed by atoms with Gasteiger partial charge in [-0.1, -0.05) is 24.3 Å². The number of ether oxygens (including phenoxy) is 1. The third-order valence-electron chi connectivity index (χ3n) is 4.76. The number of piperazine rings is 1. The van der Waals surface area contributed by atoms with Crippen molar-refractivity contribution in [3.63, 3.8) is 0 Å². The lowest BCUT2D eigenvalue weighted by Gasteiger charge is -2.37. The van der Waals surface area contributed by atoms with Crippen LogP contribution in [0, 0.1) is 0 Å². The Bertz CT molecular complexity index is 570. The summed E-state index contributed by atoms with van der Waals surface area (Å²) in [5.41, 5.74) is 1.92. The number of nitrogens with zero attached hydrogens (tertiary/aromatic N) is 2. The average molecular weight is 362 g/mol. The first-order chi connectivity index (χ1) is 12.1. The molecule has 1 aromatic carbocycles. The number of rotatable bonds is 5. The molecule has 1 atom stereocenters. The van der Waals surface area contributed by atoms with Crippen LogP contribution in [0.25, 0.3) is 0 Å². The summed E-state index contributed by atoms with van der Waals surface area (Å²) in [6, 6.07) is 9.09. The Hall–Kier alpha value is -1.59. The summed E-state index contributed by atoms with van der Waals surface area (Å²) in [6.45, 7) is 17.6. The molecule has 146 valence electrons. The molecule has 1 N–H and O–H groups in total. The van der Waals surface area contributed by atoms with Crippen molar-refractivity contribution in [1.29, 1.82) is 0 Å². The SMILES string of the molecule is CC(NC(=O)OC(C)(C)C)c1ccc(CN2CCN(C(C)C)CC2)cc1. The van der Waals surface area contributed by atoms with Crippen molar-refractivity contribution in [2.24, 2.45) is 0 Å². The minimum Gasteiger partial charge on any atom is -0.444 e. The Morgan fingerprint density at radius 2 is 1.65 bits per heavy atom. The van der Waals surface area contributed by atoms with E-state index in [-0.39, 0.29) is 12.1 Å². The number of carbonyl (C=O) groups is 1. The number of hydrogen-bond acceptors (Lipinski definition) is 4. The Labute approximate surface area is 158 Å². The van der Waals surface area contributed by atoms with Gasteiger partial charge in [0.1, 0.15) is 5.60 Å². The molecule has 0 radical (unpaired) electrons. The van der Waals surface area contributed by atoms with Crippen LogP contribution >= 0.6 is 0 Å². The Morgan fingerprint density at radius 1 is 1.08 bits per heavy atom. The van der Waals surface area contributed by atoms with E-state index in [2.05, 4.69) is 53.2 Å². The summed E-state index contributed by atoms with van der Waals surface area (Å²) < 4.78 is 5.32. The molecule has 0 bridgehead atoms. The molecule has 1 aliphatic heterocycles. The fourth-order valence-electron chi connectivity index (χ4n) is 3.18. The lowest BCUT2D eigenvalue weighted by molar-refractivity contribution is 0.0508. The van der Waals surface area contributed by atoms with Gasteiger partial charge in [0, 0.05) is 38.8 Å². The number of carbonyl (C=O) groups excluding carboxylic acids is 1. The lowest BCUT2D eigenvalue weighted by atomic mass is 10.1. The van der Waals surface area contributed by atoms with E-state index in [1.807, 2.05) is 27.7 Å². The fraction of sp³-hybridized carbons (Fsp3) is 0.667. The van der Waals surface area contributed by atoms with Crippen molar-refractivity contribution < 1.29 is 9.53 Å². The highest BCUT2D eigenvalue weighted by molar-refractivity contribution is 5.68. The molecule has 1 heterocycles. The zero-order chi connectivity index (χ0) is 19.3. The van der Waals surface area contributed by atoms with Gasteiger partial charge in [-0.3, -0.25) is 9.80 Å². The normalized spacial score (nSPS) is 18.0. The Kier molecular flexibility index (Phi) is 7.07. The van der Waals surface area contributed by atoms with Crippen LogP contribution in [0.5, 0.6) is 0 Å². The van der Waals surface area contributed by atoms with Crippen molar-refractivity contribution >= 4 is 6.09 Å². The molecule has 1 saturated heterocycles. The van der Waals surface area contributed by atoms with Crippen LogP contribution in [-0.4, -0.2) is 53.7 Å². The summed E-state index contributed by atoms with van der Waals surface area (Å²) in [4.78, 5) is 16.9. The maximum atomic E-state index is 11.9. The summed E-state index contributed by atoms with van der Waals surface area (Å²) in [5.74, 6) is 0. The topological polar surface area (TPSA) is 44.8 Å². The van der Waals surface area contributed by atoms with Gasteiger partial charge in [0.25, 0.3) is 0 Å². The monoisotopic (exact) mass is 361 g/mol. The molecule has 1 aromatic rings. The van der Waals surface area contributed by atoms with Gasteiger partial charge in [0.2, 0.25) is 0 Å². The molecule has 1 unspecified atom stereocenters. The van der Waals surface area contributed by atoms with Crippen LogP contribution in [-0.2, 0) is 11.3 Å². The number of benzene rings is 1. The van der Waals surface area contributed by atoms with Gasteiger partial charge in [0.15, 0.2) is 0 Å². The van der Waals surface area contributed by atoms with Gasteiger partial charge in [-0.15, -0.1) is 0 Å². The zero-order valence-corrected chi connectivity index (χ0v) is 17.2. The first-order valence-corrected chi connectivity index (χ1v) is 9.69. The molecular weight excluding hydrogens is 326 g/mol.